The van der Waals surface area contributed by atoms with Crippen molar-refractivity contribution < 1.29 is 14.1 Å². The van der Waals surface area contributed by atoms with Gasteiger partial charge >= 0.3 is 0 Å². The number of hydrogen-bond acceptors (Lipinski definition) is 6. The van der Waals surface area contributed by atoms with E-state index in [1.54, 1.807) is 7.11 Å². The van der Waals surface area contributed by atoms with Crippen LogP contribution in [0, 0.1) is 5.92 Å². The van der Waals surface area contributed by atoms with Gasteiger partial charge in [0.15, 0.2) is 11.6 Å². The fraction of sp³-hybridized carbons (Fsp3) is 0.500. The molecular weight excluding hydrogens is 380 g/mol. The molecule has 1 aromatic heterocycles. The highest BCUT2D eigenvalue weighted by Gasteiger charge is 2.34. The standard InChI is InChI=1S/C20H26N4O3.ClH/c1-26-16-6-4-15(5-7-16)18-17(19(22-27-18)23-9-2-3-10-23)20(25)24-11-8-14(12-21)13-24;/h4-7,14H,2-3,8-13,21H2,1H3;1H. The Bertz CT molecular complexity index is 802. The van der Waals surface area contributed by atoms with Gasteiger partial charge in [0.2, 0.25) is 0 Å². The summed E-state index contributed by atoms with van der Waals surface area (Å²) in [5, 5.41) is 4.30. The van der Waals surface area contributed by atoms with E-state index in [0.29, 0.717) is 36.1 Å². The topological polar surface area (TPSA) is 84.8 Å². The van der Waals surface area contributed by atoms with Crippen LogP contribution in [0.5, 0.6) is 5.75 Å². The Morgan fingerprint density at radius 2 is 1.96 bits per heavy atom. The van der Waals surface area contributed by atoms with Crippen molar-refractivity contribution in [2.75, 3.05) is 44.7 Å². The van der Waals surface area contributed by atoms with Crippen molar-refractivity contribution in [3.8, 4) is 17.1 Å². The van der Waals surface area contributed by atoms with E-state index in [0.717, 1.165) is 50.2 Å². The number of anilines is 1. The van der Waals surface area contributed by atoms with Gasteiger partial charge in [-0.05, 0) is 56.0 Å². The van der Waals surface area contributed by atoms with E-state index < -0.39 is 0 Å². The Kier molecular flexibility index (Phi) is 6.46. The van der Waals surface area contributed by atoms with E-state index in [9.17, 15) is 4.79 Å². The quantitative estimate of drug-likeness (QED) is 0.821. The maximum absolute atomic E-state index is 13.4. The fourth-order valence-electron chi connectivity index (χ4n) is 3.93. The average molecular weight is 407 g/mol. The summed E-state index contributed by atoms with van der Waals surface area (Å²) >= 11 is 0. The number of rotatable bonds is 5. The highest BCUT2D eigenvalue weighted by Crippen LogP contribution is 2.35. The van der Waals surface area contributed by atoms with Crippen LogP contribution in [0.1, 0.15) is 29.6 Å². The Labute approximate surface area is 171 Å². The molecule has 8 heteroatoms. The van der Waals surface area contributed by atoms with Gasteiger partial charge in [-0.2, -0.15) is 0 Å². The molecule has 152 valence electrons. The zero-order chi connectivity index (χ0) is 18.8. The van der Waals surface area contributed by atoms with Crippen LogP contribution in [-0.2, 0) is 0 Å². The zero-order valence-electron chi connectivity index (χ0n) is 16.1. The van der Waals surface area contributed by atoms with Gasteiger partial charge in [0.05, 0.1) is 7.11 Å². The smallest absolute Gasteiger partial charge is 0.261 e. The number of carbonyl (C=O) groups is 1. The second-order valence-corrected chi connectivity index (χ2v) is 7.27. The number of hydrogen-bond donors (Lipinski definition) is 1. The molecule has 3 heterocycles. The number of carbonyl (C=O) groups excluding carboxylic acids is 1. The van der Waals surface area contributed by atoms with Crippen LogP contribution in [0.3, 0.4) is 0 Å². The van der Waals surface area contributed by atoms with Crippen molar-refractivity contribution in [3.63, 3.8) is 0 Å². The van der Waals surface area contributed by atoms with Crippen LogP contribution in [0.2, 0.25) is 0 Å². The predicted molar refractivity (Wildman–Crippen MR) is 110 cm³/mol. The van der Waals surface area contributed by atoms with Crippen molar-refractivity contribution >= 4 is 24.1 Å². The van der Waals surface area contributed by atoms with E-state index in [1.165, 1.54) is 0 Å². The molecule has 1 atom stereocenters. The third-order valence-electron chi connectivity index (χ3n) is 5.55. The van der Waals surface area contributed by atoms with E-state index in [1.807, 2.05) is 29.2 Å². The first-order chi connectivity index (χ1) is 13.2. The van der Waals surface area contributed by atoms with Crippen LogP contribution in [0.25, 0.3) is 11.3 Å². The molecular formula is C20H27ClN4O3. The summed E-state index contributed by atoms with van der Waals surface area (Å²) in [5.41, 5.74) is 7.20. The van der Waals surface area contributed by atoms with Gasteiger partial charge in [-0.15, -0.1) is 12.4 Å². The van der Waals surface area contributed by atoms with Gasteiger partial charge in [0.25, 0.3) is 5.91 Å². The van der Waals surface area contributed by atoms with Crippen molar-refractivity contribution in [2.45, 2.75) is 19.3 Å². The lowest BCUT2D eigenvalue weighted by Crippen LogP contribution is -2.31. The molecule has 2 fully saturated rings. The number of aromatic nitrogens is 1. The van der Waals surface area contributed by atoms with Gasteiger partial charge in [0, 0.05) is 31.7 Å². The Balaban J connectivity index is 0.00000225. The number of nitrogens with two attached hydrogens (primary N) is 1. The van der Waals surface area contributed by atoms with Gasteiger partial charge in [0.1, 0.15) is 11.3 Å². The maximum Gasteiger partial charge on any atom is 0.261 e. The summed E-state index contributed by atoms with van der Waals surface area (Å²) in [6.45, 7) is 3.84. The van der Waals surface area contributed by atoms with Crippen molar-refractivity contribution in [1.29, 1.82) is 0 Å². The maximum atomic E-state index is 13.4. The van der Waals surface area contributed by atoms with Crippen molar-refractivity contribution in [1.82, 2.24) is 10.1 Å². The lowest BCUT2D eigenvalue weighted by Gasteiger charge is -2.20. The number of halogens is 1. The minimum atomic E-state index is -0.0140. The molecule has 1 amide bonds. The minimum Gasteiger partial charge on any atom is -0.497 e. The Hall–Kier alpha value is -2.25. The molecule has 2 N–H and O–H groups in total. The van der Waals surface area contributed by atoms with Gasteiger partial charge in [-0.1, -0.05) is 5.16 Å². The fourth-order valence-corrected chi connectivity index (χ4v) is 3.93. The lowest BCUT2D eigenvalue weighted by atomic mass is 10.1. The third kappa shape index (κ3) is 3.82. The molecule has 1 aromatic carbocycles. The molecule has 4 rings (SSSR count). The molecule has 1 unspecified atom stereocenters. The number of likely N-dealkylation sites (tertiary alicyclic amines) is 1. The number of ether oxygens (including phenoxy) is 1. The van der Waals surface area contributed by atoms with Gasteiger partial charge in [-0.25, -0.2) is 0 Å². The van der Waals surface area contributed by atoms with Crippen molar-refractivity contribution in [3.05, 3.63) is 29.8 Å². The van der Waals surface area contributed by atoms with Crippen LogP contribution in [0.4, 0.5) is 5.82 Å². The van der Waals surface area contributed by atoms with E-state index in [2.05, 4.69) is 10.1 Å². The molecule has 2 aliphatic rings. The van der Waals surface area contributed by atoms with Gasteiger partial charge in [-0.3, -0.25) is 4.79 Å². The summed E-state index contributed by atoms with van der Waals surface area (Å²) in [6, 6.07) is 7.52. The average Bonchev–Trinajstić information content (AvgIpc) is 3.47. The summed E-state index contributed by atoms with van der Waals surface area (Å²) < 4.78 is 10.9. The SMILES string of the molecule is COc1ccc(-c2onc(N3CCCC3)c2C(=O)N2CCC(CN)C2)cc1.Cl. The Morgan fingerprint density at radius 1 is 1.25 bits per heavy atom. The third-order valence-corrected chi connectivity index (χ3v) is 5.55. The normalized spacial score (nSPS) is 19.0. The number of amides is 1. The monoisotopic (exact) mass is 406 g/mol. The highest BCUT2D eigenvalue weighted by molar-refractivity contribution is 6.04. The number of benzene rings is 1. The van der Waals surface area contributed by atoms with Crippen LogP contribution in [-0.4, -0.2) is 55.8 Å². The van der Waals surface area contributed by atoms with Gasteiger partial charge < -0.3 is 24.8 Å². The number of methoxy groups -OCH3 is 1. The molecule has 28 heavy (non-hydrogen) atoms. The molecule has 7 nitrogen and oxygen atoms in total. The first kappa shape index (κ1) is 20.5. The van der Waals surface area contributed by atoms with Crippen molar-refractivity contribution in [2.24, 2.45) is 11.7 Å². The summed E-state index contributed by atoms with van der Waals surface area (Å²) in [7, 11) is 1.63. The minimum absolute atomic E-state index is 0. The largest absolute Gasteiger partial charge is 0.497 e. The molecule has 0 saturated carbocycles. The highest BCUT2D eigenvalue weighted by atomic mass is 35.5. The Morgan fingerprint density at radius 3 is 2.57 bits per heavy atom. The second kappa shape index (κ2) is 8.84. The van der Waals surface area contributed by atoms with Crippen LogP contribution in [0.15, 0.2) is 28.8 Å². The zero-order valence-corrected chi connectivity index (χ0v) is 16.9. The van der Waals surface area contributed by atoms with E-state index in [-0.39, 0.29) is 18.3 Å². The summed E-state index contributed by atoms with van der Waals surface area (Å²) in [6.07, 6.45) is 3.17. The molecule has 0 aliphatic carbocycles. The lowest BCUT2D eigenvalue weighted by molar-refractivity contribution is 0.0788. The molecule has 0 spiro atoms. The van der Waals surface area contributed by atoms with Crippen LogP contribution < -0.4 is 15.4 Å². The molecule has 0 bridgehead atoms. The second-order valence-electron chi connectivity index (χ2n) is 7.27. The summed E-state index contributed by atoms with van der Waals surface area (Å²) in [4.78, 5) is 17.4. The predicted octanol–water partition coefficient (Wildman–Crippen LogP) is 2.79. The first-order valence-electron chi connectivity index (χ1n) is 9.59. The number of nitrogens with zero attached hydrogens (tertiary/aromatic N) is 3. The van der Waals surface area contributed by atoms with E-state index >= 15 is 0 Å². The van der Waals surface area contributed by atoms with E-state index in [4.69, 9.17) is 15.0 Å². The van der Waals surface area contributed by atoms with Crippen LogP contribution >= 0.6 is 12.4 Å². The first-order valence-corrected chi connectivity index (χ1v) is 9.59. The molecule has 2 saturated heterocycles. The molecule has 0 radical (unpaired) electrons. The molecule has 2 aliphatic heterocycles. The molecule has 2 aromatic rings. The summed E-state index contributed by atoms with van der Waals surface area (Å²) in [5.74, 6) is 2.31.